The second-order valence-corrected chi connectivity index (χ2v) is 9.00. The third kappa shape index (κ3) is 4.88. The minimum atomic E-state index is 0.781. The molecule has 164 valence electrons. The van der Waals surface area contributed by atoms with Gasteiger partial charge in [0.15, 0.2) is 0 Å². The number of fused-ring (bicyclic) bond motifs is 1. The van der Waals surface area contributed by atoms with Gasteiger partial charge in [-0.05, 0) is 53.9 Å². The lowest BCUT2D eigenvalue weighted by molar-refractivity contribution is 0.125. The van der Waals surface area contributed by atoms with Crippen LogP contribution in [0.3, 0.4) is 0 Å². The molecule has 0 N–H and O–H groups in total. The van der Waals surface area contributed by atoms with Gasteiger partial charge in [0.05, 0.1) is 17.4 Å². The average molecular weight is 445 g/mol. The normalized spacial score (nSPS) is 15.4. The van der Waals surface area contributed by atoms with E-state index in [0.29, 0.717) is 0 Å². The summed E-state index contributed by atoms with van der Waals surface area (Å²) in [5.41, 5.74) is 6.24. The Kier molecular flexibility index (Phi) is 6.54. The maximum atomic E-state index is 6.08. The van der Waals surface area contributed by atoms with Crippen LogP contribution in [0.2, 0.25) is 5.02 Å². The van der Waals surface area contributed by atoms with Crippen LogP contribution in [0.5, 0.6) is 0 Å². The first-order chi connectivity index (χ1) is 15.8. The van der Waals surface area contributed by atoms with Crippen molar-refractivity contribution in [3.05, 3.63) is 89.7 Å². The van der Waals surface area contributed by atoms with Gasteiger partial charge in [0.25, 0.3) is 0 Å². The van der Waals surface area contributed by atoms with E-state index in [4.69, 9.17) is 11.6 Å². The van der Waals surface area contributed by atoms with Crippen molar-refractivity contribution < 1.29 is 0 Å². The lowest BCUT2D eigenvalue weighted by Gasteiger charge is -2.35. The highest BCUT2D eigenvalue weighted by Gasteiger charge is 2.18. The predicted octanol–water partition coefficient (Wildman–Crippen LogP) is 5.56. The molecule has 0 atom stereocenters. The van der Waals surface area contributed by atoms with Crippen LogP contribution < -0.4 is 0 Å². The number of para-hydroxylation sites is 2. The Morgan fingerprint density at radius 1 is 0.750 bits per heavy atom. The van der Waals surface area contributed by atoms with Gasteiger partial charge in [0.2, 0.25) is 0 Å². The molecule has 1 aromatic heterocycles. The second kappa shape index (κ2) is 9.86. The third-order valence-corrected chi connectivity index (χ3v) is 6.68. The number of aromatic nitrogens is 2. The van der Waals surface area contributed by atoms with Crippen LogP contribution in [0.4, 0.5) is 0 Å². The summed E-state index contributed by atoms with van der Waals surface area (Å²) in [6.07, 6.45) is 3.13. The standard InChI is InChI=1S/C27H29ClN4/c28-24-12-10-22(11-13-24)25-7-2-1-6-23(25)20-31-18-16-30(17-19-31)14-5-15-32-21-29-26-8-3-4-9-27(26)32/h1-4,6-13,21H,5,14-20H2. The summed E-state index contributed by atoms with van der Waals surface area (Å²) in [4.78, 5) is 9.68. The third-order valence-electron chi connectivity index (χ3n) is 6.43. The number of halogens is 1. The van der Waals surface area contributed by atoms with E-state index in [9.17, 15) is 0 Å². The first-order valence-electron chi connectivity index (χ1n) is 11.4. The second-order valence-electron chi connectivity index (χ2n) is 8.56. The molecule has 32 heavy (non-hydrogen) atoms. The highest BCUT2D eigenvalue weighted by molar-refractivity contribution is 6.30. The Hall–Kier alpha value is -2.66. The van der Waals surface area contributed by atoms with Gasteiger partial charge in [0.1, 0.15) is 0 Å². The number of piperazine rings is 1. The summed E-state index contributed by atoms with van der Waals surface area (Å²) in [7, 11) is 0. The van der Waals surface area contributed by atoms with E-state index in [1.54, 1.807) is 0 Å². The van der Waals surface area contributed by atoms with Gasteiger partial charge >= 0.3 is 0 Å². The molecule has 0 unspecified atom stereocenters. The molecule has 5 heteroatoms. The van der Waals surface area contributed by atoms with E-state index in [0.717, 1.165) is 62.8 Å². The molecule has 0 radical (unpaired) electrons. The van der Waals surface area contributed by atoms with E-state index in [1.807, 2.05) is 24.5 Å². The van der Waals surface area contributed by atoms with Crippen LogP contribution in [0, 0.1) is 0 Å². The van der Waals surface area contributed by atoms with Crippen LogP contribution >= 0.6 is 11.6 Å². The minimum Gasteiger partial charge on any atom is -0.331 e. The molecule has 4 nitrogen and oxygen atoms in total. The van der Waals surface area contributed by atoms with Crippen LogP contribution in [0.1, 0.15) is 12.0 Å². The molecule has 1 aliphatic rings. The number of hydrogen-bond acceptors (Lipinski definition) is 3. The molecular formula is C27H29ClN4. The van der Waals surface area contributed by atoms with Crippen LogP contribution in [-0.2, 0) is 13.1 Å². The van der Waals surface area contributed by atoms with Gasteiger partial charge in [0, 0.05) is 44.3 Å². The van der Waals surface area contributed by atoms with Crippen molar-refractivity contribution in [2.75, 3.05) is 32.7 Å². The molecule has 5 rings (SSSR count). The zero-order valence-corrected chi connectivity index (χ0v) is 19.1. The van der Waals surface area contributed by atoms with Gasteiger partial charge in [-0.15, -0.1) is 0 Å². The lowest BCUT2D eigenvalue weighted by Crippen LogP contribution is -2.46. The summed E-state index contributed by atoms with van der Waals surface area (Å²) in [6.45, 7) is 7.65. The zero-order valence-electron chi connectivity index (χ0n) is 18.3. The largest absolute Gasteiger partial charge is 0.331 e. The molecule has 0 aliphatic carbocycles. The van der Waals surface area contributed by atoms with Gasteiger partial charge in [-0.1, -0.05) is 60.1 Å². The molecule has 0 bridgehead atoms. The maximum Gasteiger partial charge on any atom is 0.0958 e. The summed E-state index contributed by atoms with van der Waals surface area (Å²) >= 11 is 6.08. The SMILES string of the molecule is Clc1ccc(-c2ccccc2CN2CCN(CCCn3cnc4ccccc43)CC2)cc1. The highest BCUT2D eigenvalue weighted by atomic mass is 35.5. The fraction of sp³-hybridized carbons (Fsp3) is 0.296. The Balaban J connectivity index is 1.13. The molecule has 1 saturated heterocycles. The summed E-state index contributed by atoms with van der Waals surface area (Å²) in [6, 6.07) is 25.3. The molecule has 2 heterocycles. The van der Waals surface area contributed by atoms with Gasteiger partial charge in [-0.3, -0.25) is 4.90 Å². The topological polar surface area (TPSA) is 24.3 Å². The summed E-state index contributed by atoms with van der Waals surface area (Å²) in [5.74, 6) is 0. The van der Waals surface area contributed by atoms with Crippen molar-refractivity contribution in [1.82, 2.24) is 19.4 Å². The van der Waals surface area contributed by atoms with Crippen molar-refractivity contribution >= 4 is 22.6 Å². The first-order valence-corrected chi connectivity index (χ1v) is 11.8. The Morgan fingerprint density at radius 2 is 1.47 bits per heavy atom. The van der Waals surface area contributed by atoms with E-state index >= 15 is 0 Å². The van der Waals surface area contributed by atoms with Crippen molar-refractivity contribution in [3.8, 4) is 11.1 Å². The molecular weight excluding hydrogens is 416 g/mol. The lowest BCUT2D eigenvalue weighted by atomic mass is 9.99. The van der Waals surface area contributed by atoms with E-state index in [1.165, 1.54) is 22.2 Å². The van der Waals surface area contributed by atoms with Crippen LogP contribution in [-0.4, -0.2) is 52.1 Å². The van der Waals surface area contributed by atoms with E-state index < -0.39 is 0 Å². The van der Waals surface area contributed by atoms with Crippen LogP contribution in [0.15, 0.2) is 79.1 Å². The summed E-state index contributed by atoms with van der Waals surface area (Å²) in [5, 5.41) is 0.781. The molecule has 3 aromatic carbocycles. The van der Waals surface area contributed by atoms with Crippen molar-refractivity contribution in [3.63, 3.8) is 0 Å². The van der Waals surface area contributed by atoms with Gasteiger partial charge in [-0.25, -0.2) is 4.98 Å². The monoisotopic (exact) mass is 444 g/mol. The highest BCUT2D eigenvalue weighted by Crippen LogP contribution is 2.26. The minimum absolute atomic E-state index is 0.781. The number of aryl methyl sites for hydroxylation is 1. The van der Waals surface area contributed by atoms with E-state index in [-0.39, 0.29) is 0 Å². The Bertz CT molecular complexity index is 1160. The van der Waals surface area contributed by atoms with Crippen molar-refractivity contribution in [2.24, 2.45) is 0 Å². The number of benzene rings is 3. The number of nitrogens with zero attached hydrogens (tertiary/aromatic N) is 4. The number of hydrogen-bond donors (Lipinski definition) is 0. The maximum absolute atomic E-state index is 6.08. The molecule has 0 spiro atoms. The summed E-state index contributed by atoms with van der Waals surface area (Å²) < 4.78 is 2.28. The van der Waals surface area contributed by atoms with Crippen LogP contribution in [0.25, 0.3) is 22.2 Å². The zero-order chi connectivity index (χ0) is 21.8. The first kappa shape index (κ1) is 21.2. The molecule has 0 amide bonds. The molecule has 1 aliphatic heterocycles. The van der Waals surface area contributed by atoms with Crippen molar-refractivity contribution in [1.29, 1.82) is 0 Å². The Morgan fingerprint density at radius 3 is 2.31 bits per heavy atom. The molecule has 0 saturated carbocycles. The van der Waals surface area contributed by atoms with Gasteiger partial charge < -0.3 is 9.47 Å². The number of rotatable bonds is 7. The Labute approximate surface area is 195 Å². The number of imidazole rings is 1. The van der Waals surface area contributed by atoms with Gasteiger partial charge in [-0.2, -0.15) is 0 Å². The van der Waals surface area contributed by atoms with E-state index in [2.05, 4.69) is 73.9 Å². The fourth-order valence-electron chi connectivity index (χ4n) is 4.63. The average Bonchev–Trinajstić information content (AvgIpc) is 3.24. The quantitative estimate of drug-likeness (QED) is 0.372. The fourth-order valence-corrected chi connectivity index (χ4v) is 4.76. The predicted molar refractivity (Wildman–Crippen MR) is 133 cm³/mol. The molecule has 4 aromatic rings. The van der Waals surface area contributed by atoms with Crippen molar-refractivity contribution in [2.45, 2.75) is 19.5 Å². The smallest absolute Gasteiger partial charge is 0.0958 e. The molecule has 1 fully saturated rings.